The molecule has 2 rings (SSSR count). The molecule has 5 nitrogen and oxygen atoms in total. The fourth-order valence-electron chi connectivity index (χ4n) is 2.37. The number of piperidine rings is 1. The van der Waals surface area contributed by atoms with E-state index in [1.165, 1.54) is 0 Å². The third kappa shape index (κ3) is 2.16. The lowest BCUT2D eigenvalue weighted by Crippen LogP contribution is -2.57. The summed E-state index contributed by atoms with van der Waals surface area (Å²) in [5.41, 5.74) is -0.889. The van der Waals surface area contributed by atoms with E-state index in [4.69, 9.17) is 4.74 Å². The minimum Gasteiger partial charge on any atom is -0.381 e. The maximum atomic E-state index is 11.4. The summed E-state index contributed by atoms with van der Waals surface area (Å²) >= 11 is 0. The molecule has 1 N–H and O–H groups in total. The van der Waals surface area contributed by atoms with E-state index >= 15 is 0 Å². The van der Waals surface area contributed by atoms with Gasteiger partial charge in [0.25, 0.3) is 0 Å². The van der Waals surface area contributed by atoms with Gasteiger partial charge in [0.1, 0.15) is 17.8 Å². The summed E-state index contributed by atoms with van der Waals surface area (Å²) in [4.78, 5) is 24.0. The van der Waals surface area contributed by atoms with Crippen molar-refractivity contribution in [1.29, 1.82) is 0 Å². The van der Waals surface area contributed by atoms with Crippen molar-refractivity contribution in [2.24, 2.45) is 5.92 Å². The van der Waals surface area contributed by atoms with E-state index in [1.807, 2.05) is 4.90 Å². The highest BCUT2D eigenvalue weighted by Crippen LogP contribution is 2.28. The van der Waals surface area contributed by atoms with Gasteiger partial charge in [0, 0.05) is 32.4 Å². The van der Waals surface area contributed by atoms with E-state index in [9.17, 15) is 14.7 Å². The molecule has 5 heteroatoms. The molecule has 2 fully saturated rings. The largest absolute Gasteiger partial charge is 0.381 e. The monoisotopic (exact) mass is 227 g/mol. The number of hydrogen-bond acceptors (Lipinski definition) is 5. The Hall–Kier alpha value is -0.780. The third-order valence-electron chi connectivity index (χ3n) is 3.51. The SMILES string of the molecule is O=CC1CN(C2(O)CCOCC2)CCC1=O. The quantitative estimate of drug-likeness (QED) is 0.512. The lowest BCUT2D eigenvalue weighted by atomic mass is 9.93. The van der Waals surface area contributed by atoms with E-state index in [1.54, 1.807) is 0 Å². The van der Waals surface area contributed by atoms with Gasteiger partial charge >= 0.3 is 0 Å². The number of aldehydes is 1. The van der Waals surface area contributed by atoms with Crippen LogP contribution >= 0.6 is 0 Å². The van der Waals surface area contributed by atoms with E-state index in [2.05, 4.69) is 0 Å². The second-order valence-electron chi connectivity index (χ2n) is 4.50. The second-order valence-corrected chi connectivity index (χ2v) is 4.50. The Morgan fingerprint density at radius 2 is 2.12 bits per heavy atom. The average Bonchev–Trinajstić information content (AvgIpc) is 2.30. The van der Waals surface area contributed by atoms with Crippen LogP contribution in [-0.4, -0.2) is 54.1 Å². The molecule has 90 valence electrons. The first kappa shape index (κ1) is 11.7. The van der Waals surface area contributed by atoms with Crippen LogP contribution in [0.15, 0.2) is 0 Å². The summed E-state index contributed by atoms with van der Waals surface area (Å²) in [7, 11) is 0. The predicted molar refractivity (Wildman–Crippen MR) is 55.8 cm³/mol. The number of ketones is 1. The lowest BCUT2D eigenvalue weighted by Gasteiger charge is -2.44. The van der Waals surface area contributed by atoms with Gasteiger partial charge in [-0.1, -0.05) is 0 Å². The number of carbonyl (C=O) groups excluding carboxylic acids is 2. The molecule has 0 radical (unpaired) electrons. The van der Waals surface area contributed by atoms with Crippen LogP contribution in [0, 0.1) is 5.92 Å². The van der Waals surface area contributed by atoms with E-state index in [0.29, 0.717) is 51.9 Å². The molecule has 0 saturated carbocycles. The van der Waals surface area contributed by atoms with Gasteiger partial charge in [0.05, 0.1) is 19.1 Å². The standard InChI is InChI=1S/C11H17NO4/c13-8-9-7-12(4-1-10(9)14)11(15)2-5-16-6-3-11/h8-9,15H,1-7H2. The molecule has 2 aliphatic rings. The molecule has 0 aliphatic carbocycles. The molecule has 2 aliphatic heterocycles. The van der Waals surface area contributed by atoms with E-state index in [-0.39, 0.29) is 5.78 Å². The Balaban J connectivity index is 2.04. The molecule has 0 spiro atoms. The molecule has 0 amide bonds. The van der Waals surface area contributed by atoms with Crippen LogP contribution in [0.5, 0.6) is 0 Å². The topological polar surface area (TPSA) is 66.8 Å². The number of rotatable bonds is 2. The molecule has 0 aromatic rings. The third-order valence-corrected chi connectivity index (χ3v) is 3.51. The summed E-state index contributed by atoms with van der Waals surface area (Å²) in [5, 5.41) is 10.4. The molecule has 0 bridgehead atoms. The first-order chi connectivity index (χ1) is 7.65. The van der Waals surface area contributed by atoms with Crippen molar-refractivity contribution in [3.05, 3.63) is 0 Å². The zero-order valence-electron chi connectivity index (χ0n) is 9.22. The smallest absolute Gasteiger partial charge is 0.145 e. The molecule has 2 heterocycles. The van der Waals surface area contributed by atoms with Crippen molar-refractivity contribution in [1.82, 2.24) is 4.90 Å². The van der Waals surface area contributed by atoms with Crippen molar-refractivity contribution < 1.29 is 19.4 Å². The minimum absolute atomic E-state index is 0.0121. The van der Waals surface area contributed by atoms with Crippen LogP contribution in [0.25, 0.3) is 0 Å². The summed E-state index contributed by atoms with van der Waals surface area (Å²) < 4.78 is 5.21. The van der Waals surface area contributed by atoms with Crippen LogP contribution in [0.1, 0.15) is 19.3 Å². The highest BCUT2D eigenvalue weighted by molar-refractivity contribution is 5.94. The molecule has 0 aromatic carbocycles. The zero-order valence-corrected chi connectivity index (χ0v) is 9.22. The summed E-state index contributed by atoms with van der Waals surface area (Å²) in [6.07, 6.45) is 2.14. The van der Waals surface area contributed by atoms with Gasteiger partial charge in [-0.2, -0.15) is 0 Å². The number of carbonyl (C=O) groups is 2. The van der Waals surface area contributed by atoms with Crippen molar-refractivity contribution in [3.8, 4) is 0 Å². The zero-order chi connectivity index (χ0) is 11.6. The number of nitrogens with zero attached hydrogens (tertiary/aromatic N) is 1. The summed E-state index contributed by atoms with van der Waals surface area (Å²) in [6, 6.07) is 0. The maximum absolute atomic E-state index is 11.4. The van der Waals surface area contributed by atoms with Gasteiger partial charge in [0.2, 0.25) is 0 Å². The highest BCUT2D eigenvalue weighted by atomic mass is 16.5. The maximum Gasteiger partial charge on any atom is 0.145 e. The second kappa shape index (κ2) is 4.61. The number of ether oxygens (including phenoxy) is 1. The fraction of sp³-hybridized carbons (Fsp3) is 0.818. The number of hydrogen-bond donors (Lipinski definition) is 1. The Bertz CT molecular complexity index is 286. The molecule has 0 aromatic heterocycles. The number of likely N-dealkylation sites (tertiary alicyclic amines) is 1. The highest BCUT2D eigenvalue weighted by Gasteiger charge is 2.40. The predicted octanol–water partition coefficient (Wildman–Crippen LogP) is -0.425. The van der Waals surface area contributed by atoms with Crippen LogP contribution in [0.2, 0.25) is 0 Å². The first-order valence-electron chi connectivity index (χ1n) is 5.69. The van der Waals surface area contributed by atoms with Gasteiger partial charge in [-0.15, -0.1) is 0 Å². The molecule has 16 heavy (non-hydrogen) atoms. The Morgan fingerprint density at radius 1 is 1.44 bits per heavy atom. The Kier molecular flexibility index (Phi) is 3.37. The van der Waals surface area contributed by atoms with E-state index in [0.717, 1.165) is 0 Å². The Labute approximate surface area is 94.4 Å². The van der Waals surface area contributed by atoms with Gasteiger partial charge < -0.3 is 14.6 Å². The van der Waals surface area contributed by atoms with Crippen molar-refractivity contribution in [2.45, 2.75) is 25.0 Å². The summed E-state index contributed by atoms with van der Waals surface area (Å²) in [6.45, 7) is 1.96. The van der Waals surface area contributed by atoms with Gasteiger partial charge in [-0.25, -0.2) is 0 Å². The Morgan fingerprint density at radius 3 is 2.75 bits per heavy atom. The van der Waals surface area contributed by atoms with Crippen LogP contribution < -0.4 is 0 Å². The first-order valence-corrected chi connectivity index (χ1v) is 5.69. The number of aliphatic hydroxyl groups is 1. The fourth-order valence-corrected chi connectivity index (χ4v) is 2.37. The normalized spacial score (nSPS) is 31.3. The molecule has 1 unspecified atom stereocenters. The van der Waals surface area contributed by atoms with Crippen molar-refractivity contribution in [3.63, 3.8) is 0 Å². The lowest BCUT2D eigenvalue weighted by molar-refractivity contribution is -0.175. The molecular weight excluding hydrogens is 210 g/mol. The van der Waals surface area contributed by atoms with Crippen LogP contribution in [0.4, 0.5) is 0 Å². The molecule has 2 saturated heterocycles. The van der Waals surface area contributed by atoms with Crippen molar-refractivity contribution in [2.75, 3.05) is 26.3 Å². The summed E-state index contributed by atoms with van der Waals surface area (Å²) in [5.74, 6) is -0.581. The van der Waals surface area contributed by atoms with Gasteiger partial charge in [-0.05, 0) is 0 Å². The van der Waals surface area contributed by atoms with Gasteiger partial charge in [-0.3, -0.25) is 9.69 Å². The number of Topliss-reactive ketones (excluding diaryl/α,β-unsaturated/α-hetero) is 1. The molecular formula is C11H17NO4. The van der Waals surface area contributed by atoms with Gasteiger partial charge in [0.15, 0.2) is 0 Å². The minimum atomic E-state index is -0.889. The van der Waals surface area contributed by atoms with E-state index < -0.39 is 11.6 Å². The average molecular weight is 227 g/mol. The van der Waals surface area contributed by atoms with Crippen LogP contribution in [-0.2, 0) is 14.3 Å². The van der Waals surface area contributed by atoms with Crippen LogP contribution in [0.3, 0.4) is 0 Å². The van der Waals surface area contributed by atoms with Crippen molar-refractivity contribution >= 4 is 12.1 Å². The molecule has 1 atom stereocenters.